The Hall–Kier alpha value is -2.53. The molecule has 4 nitrogen and oxygen atoms in total. The highest BCUT2D eigenvalue weighted by molar-refractivity contribution is 7.98. The van der Waals surface area contributed by atoms with Crippen LogP contribution >= 0.6 is 11.8 Å². The van der Waals surface area contributed by atoms with E-state index in [9.17, 15) is 4.79 Å². The van der Waals surface area contributed by atoms with E-state index in [-0.39, 0.29) is 5.91 Å². The Balaban J connectivity index is 1.58. The molecule has 0 saturated carbocycles. The van der Waals surface area contributed by atoms with Gasteiger partial charge in [-0.1, -0.05) is 30.3 Å². The first kappa shape index (κ1) is 16.9. The molecule has 1 aliphatic rings. The van der Waals surface area contributed by atoms with Gasteiger partial charge in [-0.25, -0.2) is 4.68 Å². The molecular weight excluding hydrogens is 342 g/mol. The van der Waals surface area contributed by atoms with Crippen molar-refractivity contribution in [3.05, 3.63) is 71.4 Å². The van der Waals surface area contributed by atoms with Gasteiger partial charge in [0.25, 0.3) is 0 Å². The number of nitrogens with zero attached hydrogens (tertiary/aromatic N) is 2. The molecule has 1 aromatic heterocycles. The number of fused-ring (bicyclic) bond motifs is 1. The lowest BCUT2D eigenvalue weighted by molar-refractivity contribution is -0.115. The zero-order valence-corrected chi connectivity index (χ0v) is 15.6. The van der Waals surface area contributed by atoms with Gasteiger partial charge in [0.2, 0.25) is 5.91 Å². The van der Waals surface area contributed by atoms with Crippen LogP contribution in [0.3, 0.4) is 0 Å². The van der Waals surface area contributed by atoms with E-state index in [0.717, 1.165) is 42.0 Å². The summed E-state index contributed by atoms with van der Waals surface area (Å²) in [5, 5.41) is 7.87. The molecule has 0 atom stereocenters. The fourth-order valence-electron chi connectivity index (χ4n) is 3.38. The summed E-state index contributed by atoms with van der Waals surface area (Å²) in [5.74, 6) is 0.822. The van der Waals surface area contributed by atoms with E-state index >= 15 is 0 Å². The maximum atomic E-state index is 12.7. The van der Waals surface area contributed by atoms with E-state index in [1.165, 1.54) is 10.5 Å². The minimum Gasteiger partial charge on any atom is -0.310 e. The number of para-hydroxylation sites is 1. The second-order valence-corrected chi connectivity index (χ2v) is 7.33. The number of nitrogens with one attached hydrogen (secondary N) is 1. The predicted molar refractivity (Wildman–Crippen MR) is 106 cm³/mol. The van der Waals surface area contributed by atoms with Crippen molar-refractivity contribution in [3.63, 3.8) is 0 Å². The maximum Gasteiger partial charge on any atom is 0.229 e. The first-order chi connectivity index (χ1) is 12.7. The summed E-state index contributed by atoms with van der Waals surface area (Å²) in [6, 6.07) is 18.1. The number of hydrogen-bond acceptors (Lipinski definition) is 3. The highest BCUT2D eigenvalue weighted by Crippen LogP contribution is 2.31. The second kappa shape index (κ2) is 7.38. The Labute approximate surface area is 157 Å². The first-order valence-electron chi connectivity index (χ1n) is 8.83. The molecule has 0 radical (unpaired) electrons. The van der Waals surface area contributed by atoms with Crippen LogP contribution < -0.4 is 5.32 Å². The van der Waals surface area contributed by atoms with Crippen LogP contribution in [0.1, 0.15) is 23.2 Å². The van der Waals surface area contributed by atoms with Crippen LogP contribution in [0, 0.1) is 0 Å². The van der Waals surface area contributed by atoms with Gasteiger partial charge < -0.3 is 5.32 Å². The predicted octanol–water partition coefficient (Wildman–Crippen LogP) is 4.26. The number of thioether (sulfide) groups is 1. The highest BCUT2D eigenvalue weighted by Gasteiger charge is 2.24. The number of anilines is 1. The molecule has 132 valence electrons. The molecule has 1 N–H and O–H groups in total. The second-order valence-electron chi connectivity index (χ2n) is 6.45. The summed E-state index contributed by atoms with van der Waals surface area (Å²) in [4.78, 5) is 13.9. The van der Waals surface area contributed by atoms with Crippen molar-refractivity contribution in [1.82, 2.24) is 9.78 Å². The fraction of sp³-hybridized carbons (Fsp3) is 0.238. The largest absolute Gasteiger partial charge is 0.310 e. The van der Waals surface area contributed by atoms with Crippen molar-refractivity contribution >= 4 is 23.5 Å². The van der Waals surface area contributed by atoms with Gasteiger partial charge in [-0.15, -0.1) is 11.8 Å². The van der Waals surface area contributed by atoms with Gasteiger partial charge in [-0.2, -0.15) is 5.10 Å². The molecule has 5 heteroatoms. The minimum atomic E-state index is -0.00585. The van der Waals surface area contributed by atoms with Crippen molar-refractivity contribution in [1.29, 1.82) is 0 Å². The molecule has 3 aromatic rings. The summed E-state index contributed by atoms with van der Waals surface area (Å²) < 4.78 is 1.87. The number of aromatic nitrogens is 2. The van der Waals surface area contributed by atoms with Gasteiger partial charge >= 0.3 is 0 Å². The van der Waals surface area contributed by atoms with Crippen molar-refractivity contribution in [2.45, 2.75) is 30.6 Å². The molecule has 0 aliphatic heterocycles. The van der Waals surface area contributed by atoms with Crippen LogP contribution in [0.25, 0.3) is 5.69 Å². The monoisotopic (exact) mass is 363 g/mol. The van der Waals surface area contributed by atoms with E-state index in [0.29, 0.717) is 6.42 Å². The quantitative estimate of drug-likeness (QED) is 0.689. The molecule has 0 bridgehead atoms. The molecule has 0 fully saturated rings. The summed E-state index contributed by atoms with van der Waals surface area (Å²) in [6.07, 6.45) is 5.47. The highest BCUT2D eigenvalue weighted by atomic mass is 32.2. The standard InChI is InChI=1S/C21H21N3OS/c1-26-17-12-10-15(11-13-17)14-20(25)22-21-18-8-5-9-19(18)23-24(21)16-6-3-2-4-7-16/h2-4,6-7,10-13H,5,8-9,14H2,1H3,(H,22,25). The number of hydrogen-bond donors (Lipinski definition) is 1. The molecule has 4 rings (SSSR count). The van der Waals surface area contributed by atoms with Crippen molar-refractivity contribution in [2.24, 2.45) is 0 Å². The van der Waals surface area contributed by atoms with E-state index in [4.69, 9.17) is 5.10 Å². The fourth-order valence-corrected chi connectivity index (χ4v) is 3.79. The molecule has 0 spiro atoms. The van der Waals surface area contributed by atoms with Crippen molar-refractivity contribution in [3.8, 4) is 5.69 Å². The van der Waals surface area contributed by atoms with Gasteiger partial charge in [-0.05, 0) is 55.3 Å². The third-order valence-electron chi connectivity index (χ3n) is 4.69. The Kier molecular flexibility index (Phi) is 4.80. The van der Waals surface area contributed by atoms with Crippen LogP contribution in [0.15, 0.2) is 59.5 Å². The Morgan fingerprint density at radius 2 is 1.88 bits per heavy atom. The normalized spacial score (nSPS) is 12.8. The van der Waals surface area contributed by atoms with Gasteiger partial charge in [0, 0.05) is 10.5 Å². The lowest BCUT2D eigenvalue weighted by atomic mass is 10.1. The van der Waals surface area contributed by atoms with Crippen molar-refractivity contribution < 1.29 is 4.79 Å². The molecule has 2 aromatic carbocycles. The van der Waals surface area contributed by atoms with E-state index in [1.54, 1.807) is 11.8 Å². The summed E-state index contributed by atoms with van der Waals surface area (Å²) in [7, 11) is 0. The number of carbonyl (C=O) groups is 1. The summed E-state index contributed by atoms with van der Waals surface area (Å²) in [5.41, 5.74) is 4.28. The lowest BCUT2D eigenvalue weighted by Crippen LogP contribution is -2.18. The Bertz CT molecular complexity index is 916. The van der Waals surface area contributed by atoms with Crippen LogP contribution in [0.2, 0.25) is 0 Å². The van der Waals surface area contributed by atoms with Gasteiger partial charge in [0.1, 0.15) is 5.82 Å². The molecule has 1 aliphatic carbocycles. The average molecular weight is 363 g/mol. The number of amides is 1. The molecule has 0 saturated heterocycles. The van der Waals surface area contributed by atoms with Crippen molar-refractivity contribution in [2.75, 3.05) is 11.6 Å². The lowest BCUT2D eigenvalue weighted by Gasteiger charge is -2.11. The third-order valence-corrected chi connectivity index (χ3v) is 5.43. The number of carbonyl (C=O) groups excluding carboxylic acids is 1. The number of benzene rings is 2. The minimum absolute atomic E-state index is 0.00585. The summed E-state index contributed by atoms with van der Waals surface area (Å²) in [6.45, 7) is 0. The molecular formula is C21H21N3OS. The molecule has 26 heavy (non-hydrogen) atoms. The molecule has 1 heterocycles. The zero-order valence-electron chi connectivity index (χ0n) is 14.7. The number of rotatable bonds is 5. The Morgan fingerprint density at radius 1 is 1.12 bits per heavy atom. The summed E-state index contributed by atoms with van der Waals surface area (Å²) >= 11 is 1.70. The van der Waals surface area contributed by atoms with Gasteiger partial charge in [0.15, 0.2) is 0 Å². The molecule has 0 unspecified atom stereocenters. The number of aryl methyl sites for hydroxylation is 1. The third kappa shape index (κ3) is 3.40. The topological polar surface area (TPSA) is 46.9 Å². The van der Waals surface area contributed by atoms with Crippen LogP contribution in [-0.4, -0.2) is 21.9 Å². The smallest absolute Gasteiger partial charge is 0.229 e. The van der Waals surface area contributed by atoms with Crippen LogP contribution in [0.5, 0.6) is 0 Å². The first-order valence-corrected chi connectivity index (χ1v) is 10.1. The molecule has 1 amide bonds. The SMILES string of the molecule is CSc1ccc(CC(=O)Nc2c3c(nn2-c2ccccc2)CCC3)cc1. The van der Waals surface area contributed by atoms with E-state index in [2.05, 4.69) is 17.4 Å². The maximum absolute atomic E-state index is 12.7. The van der Waals surface area contributed by atoms with E-state index in [1.807, 2.05) is 53.4 Å². The Morgan fingerprint density at radius 3 is 2.62 bits per heavy atom. The van der Waals surface area contributed by atoms with Crippen LogP contribution in [0.4, 0.5) is 5.82 Å². The van der Waals surface area contributed by atoms with Gasteiger partial charge in [-0.3, -0.25) is 4.79 Å². The van der Waals surface area contributed by atoms with Crippen LogP contribution in [-0.2, 0) is 24.1 Å². The van der Waals surface area contributed by atoms with E-state index < -0.39 is 0 Å². The zero-order chi connectivity index (χ0) is 17.9. The van der Waals surface area contributed by atoms with Gasteiger partial charge in [0.05, 0.1) is 17.8 Å². The average Bonchev–Trinajstić information content (AvgIpc) is 3.26.